The molecule has 0 saturated heterocycles. The Balaban J connectivity index is 2.39. The molecule has 0 aromatic carbocycles. The summed E-state index contributed by atoms with van der Waals surface area (Å²) < 4.78 is 5.87. The number of rotatable bonds is 1. The van der Waals surface area contributed by atoms with Crippen LogP contribution in [0.15, 0.2) is 0 Å². The highest BCUT2D eigenvalue weighted by molar-refractivity contribution is 4.80. The molecule has 1 saturated carbocycles. The Labute approximate surface area is 75.5 Å². The lowest BCUT2D eigenvalue weighted by Crippen LogP contribution is -2.43. The summed E-state index contributed by atoms with van der Waals surface area (Å²) in [5.41, 5.74) is 5.92. The minimum absolute atomic E-state index is 0.0420. The van der Waals surface area contributed by atoms with Gasteiger partial charge < -0.3 is 10.5 Å². The Morgan fingerprint density at radius 1 is 1.17 bits per heavy atom. The fourth-order valence-corrected chi connectivity index (χ4v) is 1.73. The predicted molar refractivity (Wildman–Crippen MR) is 51.1 cm³/mol. The summed E-state index contributed by atoms with van der Waals surface area (Å²) in [4.78, 5) is 0. The van der Waals surface area contributed by atoms with Crippen LogP contribution >= 0.6 is 0 Å². The minimum Gasteiger partial charge on any atom is -0.371 e. The molecule has 1 rings (SSSR count). The predicted octanol–water partition coefficient (Wildman–Crippen LogP) is 2.07. The zero-order chi connectivity index (χ0) is 9.19. The van der Waals surface area contributed by atoms with Gasteiger partial charge in [-0.05, 0) is 33.6 Å². The van der Waals surface area contributed by atoms with Crippen LogP contribution in [-0.2, 0) is 4.74 Å². The quantitative estimate of drug-likeness (QED) is 0.655. The zero-order valence-electron chi connectivity index (χ0n) is 8.47. The van der Waals surface area contributed by atoms with E-state index in [-0.39, 0.29) is 11.6 Å². The molecular formula is C10H21NO. The van der Waals surface area contributed by atoms with E-state index < -0.39 is 0 Å². The van der Waals surface area contributed by atoms with Crippen LogP contribution in [0.5, 0.6) is 0 Å². The molecule has 2 nitrogen and oxygen atoms in total. The Morgan fingerprint density at radius 3 is 2.25 bits per heavy atom. The molecule has 0 aliphatic heterocycles. The van der Waals surface area contributed by atoms with Gasteiger partial charge in [0.05, 0.1) is 11.7 Å². The molecule has 0 spiro atoms. The lowest BCUT2D eigenvalue weighted by atomic mass is 9.92. The normalized spacial score (nSPS) is 32.0. The fourth-order valence-electron chi connectivity index (χ4n) is 1.73. The van der Waals surface area contributed by atoms with E-state index in [1.807, 2.05) is 0 Å². The standard InChI is InChI=1S/C10H21NO/c1-10(2,3)12-9-7-5-4-6-8(9)11/h8-9H,4-7,11H2,1-3H3/t8-,9-/m1/s1. The Bertz CT molecular complexity index is 139. The topological polar surface area (TPSA) is 35.2 Å². The van der Waals surface area contributed by atoms with Gasteiger partial charge in [-0.15, -0.1) is 0 Å². The van der Waals surface area contributed by atoms with Crippen molar-refractivity contribution in [3.8, 4) is 0 Å². The van der Waals surface area contributed by atoms with E-state index in [1.165, 1.54) is 12.8 Å². The molecular weight excluding hydrogens is 150 g/mol. The number of hydrogen-bond donors (Lipinski definition) is 1. The first-order valence-corrected chi connectivity index (χ1v) is 4.92. The molecule has 0 aromatic heterocycles. The summed E-state index contributed by atoms with van der Waals surface area (Å²) in [6.07, 6.45) is 5.09. The average molecular weight is 171 g/mol. The minimum atomic E-state index is -0.0420. The van der Waals surface area contributed by atoms with Crippen molar-refractivity contribution in [1.82, 2.24) is 0 Å². The van der Waals surface area contributed by atoms with Crippen LogP contribution in [0.4, 0.5) is 0 Å². The highest BCUT2D eigenvalue weighted by atomic mass is 16.5. The number of hydrogen-bond acceptors (Lipinski definition) is 2. The van der Waals surface area contributed by atoms with Gasteiger partial charge in [-0.2, -0.15) is 0 Å². The molecule has 1 aliphatic carbocycles. The SMILES string of the molecule is CC(C)(C)O[C@@H]1CCCC[C@H]1N. The maximum atomic E-state index is 5.96. The van der Waals surface area contributed by atoms with Gasteiger partial charge in [0.1, 0.15) is 0 Å². The molecule has 0 unspecified atom stereocenters. The van der Waals surface area contributed by atoms with Crippen molar-refractivity contribution in [2.24, 2.45) is 5.73 Å². The lowest BCUT2D eigenvalue weighted by Gasteiger charge is -2.34. The zero-order valence-corrected chi connectivity index (χ0v) is 8.47. The Morgan fingerprint density at radius 2 is 1.75 bits per heavy atom. The van der Waals surface area contributed by atoms with Crippen molar-refractivity contribution in [3.63, 3.8) is 0 Å². The third-order valence-corrected chi connectivity index (χ3v) is 2.26. The van der Waals surface area contributed by atoms with Crippen LogP contribution < -0.4 is 5.73 Å². The maximum Gasteiger partial charge on any atom is 0.0733 e. The first-order chi connectivity index (χ1) is 5.49. The monoisotopic (exact) mass is 171 g/mol. The van der Waals surface area contributed by atoms with Crippen molar-refractivity contribution in [3.05, 3.63) is 0 Å². The van der Waals surface area contributed by atoms with Gasteiger partial charge in [-0.1, -0.05) is 12.8 Å². The third-order valence-electron chi connectivity index (χ3n) is 2.26. The van der Waals surface area contributed by atoms with Crippen LogP contribution in [0.25, 0.3) is 0 Å². The number of ether oxygens (including phenoxy) is 1. The van der Waals surface area contributed by atoms with Gasteiger partial charge in [0, 0.05) is 6.04 Å². The van der Waals surface area contributed by atoms with Crippen LogP contribution in [0, 0.1) is 0 Å². The van der Waals surface area contributed by atoms with E-state index >= 15 is 0 Å². The Kier molecular flexibility index (Phi) is 3.13. The maximum absolute atomic E-state index is 5.96. The second-order valence-electron chi connectivity index (χ2n) is 4.72. The largest absolute Gasteiger partial charge is 0.371 e. The van der Waals surface area contributed by atoms with Gasteiger partial charge in [0.2, 0.25) is 0 Å². The molecule has 0 heterocycles. The third kappa shape index (κ3) is 3.11. The summed E-state index contributed by atoms with van der Waals surface area (Å²) in [6.45, 7) is 6.27. The van der Waals surface area contributed by atoms with Gasteiger partial charge in [0.15, 0.2) is 0 Å². The average Bonchev–Trinajstić information content (AvgIpc) is 1.91. The fraction of sp³-hybridized carbons (Fsp3) is 1.00. The molecule has 1 fully saturated rings. The van der Waals surface area contributed by atoms with Gasteiger partial charge in [-0.3, -0.25) is 0 Å². The van der Waals surface area contributed by atoms with Crippen LogP contribution in [0.1, 0.15) is 46.5 Å². The van der Waals surface area contributed by atoms with Gasteiger partial charge in [0.25, 0.3) is 0 Å². The van der Waals surface area contributed by atoms with E-state index in [0.717, 1.165) is 12.8 Å². The van der Waals surface area contributed by atoms with Crippen molar-refractivity contribution in [1.29, 1.82) is 0 Å². The highest BCUT2D eigenvalue weighted by Gasteiger charge is 2.26. The summed E-state index contributed by atoms with van der Waals surface area (Å²) >= 11 is 0. The lowest BCUT2D eigenvalue weighted by molar-refractivity contribution is -0.0813. The van der Waals surface area contributed by atoms with Gasteiger partial charge >= 0.3 is 0 Å². The Hall–Kier alpha value is -0.0800. The summed E-state index contributed by atoms with van der Waals surface area (Å²) in [5, 5.41) is 0. The summed E-state index contributed by atoms with van der Waals surface area (Å²) in [7, 11) is 0. The van der Waals surface area contributed by atoms with Crippen LogP contribution in [0.3, 0.4) is 0 Å². The van der Waals surface area contributed by atoms with Crippen molar-refractivity contribution in [2.45, 2.75) is 64.2 Å². The first kappa shape index (κ1) is 10.0. The van der Waals surface area contributed by atoms with Crippen LogP contribution in [-0.4, -0.2) is 17.7 Å². The first-order valence-electron chi connectivity index (χ1n) is 4.92. The summed E-state index contributed by atoms with van der Waals surface area (Å²) in [5.74, 6) is 0. The molecule has 12 heavy (non-hydrogen) atoms. The highest BCUT2D eigenvalue weighted by Crippen LogP contribution is 2.23. The van der Waals surface area contributed by atoms with Gasteiger partial charge in [-0.25, -0.2) is 0 Å². The second-order valence-corrected chi connectivity index (χ2v) is 4.72. The van der Waals surface area contributed by atoms with E-state index in [4.69, 9.17) is 10.5 Å². The van der Waals surface area contributed by atoms with E-state index in [1.54, 1.807) is 0 Å². The number of nitrogens with two attached hydrogens (primary N) is 1. The molecule has 72 valence electrons. The van der Waals surface area contributed by atoms with Crippen molar-refractivity contribution in [2.75, 3.05) is 0 Å². The van der Waals surface area contributed by atoms with Crippen LogP contribution in [0.2, 0.25) is 0 Å². The molecule has 2 heteroatoms. The molecule has 1 aliphatic rings. The van der Waals surface area contributed by atoms with E-state index in [2.05, 4.69) is 20.8 Å². The van der Waals surface area contributed by atoms with Crippen molar-refractivity contribution < 1.29 is 4.74 Å². The second kappa shape index (κ2) is 3.75. The molecule has 0 amide bonds. The molecule has 0 bridgehead atoms. The molecule has 2 atom stereocenters. The molecule has 0 aromatic rings. The van der Waals surface area contributed by atoms with Crippen molar-refractivity contribution >= 4 is 0 Å². The van der Waals surface area contributed by atoms with E-state index in [0.29, 0.717) is 6.10 Å². The van der Waals surface area contributed by atoms with E-state index in [9.17, 15) is 0 Å². The molecule has 2 N–H and O–H groups in total. The molecule has 0 radical (unpaired) electrons. The summed E-state index contributed by atoms with van der Waals surface area (Å²) in [6, 6.07) is 0.262. The smallest absolute Gasteiger partial charge is 0.0733 e.